The van der Waals surface area contributed by atoms with Crippen molar-refractivity contribution in [3.63, 3.8) is 0 Å². The summed E-state index contributed by atoms with van der Waals surface area (Å²) in [6.07, 6.45) is 0.680. The van der Waals surface area contributed by atoms with Gasteiger partial charge in [0.25, 0.3) is 5.91 Å². The number of nitrogens with zero attached hydrogens (tertiary/aromatic N) is 2. The maximum absolute atomic E-state index is 12.5. The summed E-state index contributed by atoms with van der Waals surface area (Å²) < 4.78 is 29.9. The molecule has 1 N–H and O–H groups in total. The lowest BCUT2D eigenvalue weighted by atomic mass is 10.1. The molecule has 0 unspecified atom stereocenters. The van der Waals surface area contributed by atoms with Crippen LogP contribution in [0.5, 0.6) is 0 Å². The Labute approximate surface area is 141 Å². The number of nitrogens with one attached hydrogen (secondary N) is 1. The molecule has 0 bridgehead atoms. The van der Waals surface area contributed by atoms with E-state index in [0.717, 1.165) is 6.26 Å². The molecule has 1 saturated heterocycles. The van der Waals surface area contributed by atoms with Gasteiger partial charge in [0.1, 0.15) is 0 Å². The van der Waals surface area contributed by atoms with Crippen LogP contribution < -0.4 is 4.72 Å². The maximum atomic E-state index is 12.5. The summed E-state index contributed by atoms with van der Waals surface area (Å²) in [5.74, 6) is -0.198. The van der Waals surface area contributed by atoms with Gasteiger partial charge < -0.3 is 14.5 Å². The third-order valence-corrected chi connectivity index (χ3v) is 4.11. The summed E-state index contributed by atoms with van der Waals surface area (Å²) in [4.78, 5) is 27.4. The molecule has 0 aromatic heterocycles. The number of piperazine rings is 1. The molecule has 0 aliphatic carbocycles. The Kier molecular flexibility index (Phi) is 5.66. The molecule has 8 nitrogen and oxygen atoms in total. The van der Waals surface area contributed by atoms with Crippen molar-refractivity contribution in [3.8, 4) is 0 Å². The van der Waals surface area contributed by atoms with Gasteiger partial charge in [-0.3, -0.25) is 9.52 Å². The molecule has 132 valence electrons. The minimum Gasteiger partial charge on any atom is -0.450 e. The molecule has 24 heavy (non-hydrogen) atoms. The Hall–Kier alpha value is -2.29. The van der Waals surface area contributed by atoms with Gasteiger partial charge in [0.2, 0.25) is 10.0 Å². The first-order valence-corrected chi connectivity index (χ1v) is 9.48. The van der Waals surface area contributed by atoms with Crippen LogP contribution in [0.15, 0.2) is 24.3 Å². The Bertz CT molecular complexity index is 712. The van der Waals surface area contributed by atoms with E-state index in [0.29, 0.717) is 44.0 Å². The number of amides is 2. The lowest BCUT2D eigenvalue weighted by Crippen LogP contribution is -2.50. The number of anilines is 1. The van der Waals surface area contributed by atoms with Gasteiger partial charge >= 0.3 is 6.09 Å². The number of hydrogen-bond acceptors (Lipinski definition) is 5. The van der Waals surface area contributed by atoms with E-state index in [4.69, 9.17) is 4.74 Å². The second-order valence-electron chi connectivity index (χ2n) is 5.43. The van der Waals surface area contributed by atoms with Crippen LogP contribution in [0, 0.1) is 0 Å². The van der Waals surface area contributed by atoms with Crippen molar-refractivity contribution < 1.29 is 22.7 Å². The number of carbonyl (C=O) groups excluding carboxylic acids is 2. The summed E-state index contributed by atoms with van der Waals surface area (Å²) in [6.45, 7) is 3.69. The molecule has 2 amide bonds. The molecule has 1 aliphatic heterocycles. The van der Waals surface area contributed by atoms with E-state index in [2.05, 4.69) is 4.72 Å². The first-order valence-electron chi connectivity index (χ1n) is 7.59. The third-order valence-electron chi connectivity index (χ3n) is 3.51. The molecule has 0 spiro atoms. The second kappa shape index (κ2) is 7.52. The Morgan fingerprint density at radius 2 is 1.79 bits per heavy atom. The van der Waals surface area contributed by atoms with Crippen molar-refractivity contribution in [1.82, 2.24) is 9.80 Å². The van der Waals surface area contributed by atoms with Crippen LogP contribution in [0.1, 0.15) is 17.3 Å². The molecule has 1 aromatic carbocycles. The van der Waals surface area contributed by atoms with Gasteiger partial charge in [0.15, 0.2) is 0 Å². The van der Waals surface area contributed by atoms with Crippen molar-refractivity contribution in [1.29, 1.82) is 0 Å². The number of hydrogen-bond donors (Lipinski definition) is 1. The van der Waals surface area contributed by atoms with Crippen molar-refractivity contribution in [2.75, 3.05) is 43.8 Å². The van der Waals surface area contributed by atoms with E-state index in [9.17, 15) is 18.0 Å². The maximum Gasteiger partial charge on any atom is 0.409 e. The topological polar surface area (TPSA) is 96.0 Å². The SMILES string of the molecule is CCOC(=O)N1CCN(C(=O)c2cccc(NS(C)(=O)=O)c2)CC1. The highest BCUT2D eigenvalue weighted by atomic mass is 32.2. The van der Waals surface area contributed by atoms with Gasteiger partial charge in [-0.25, -0.2) is 13.2 Å². The molecular weight excluding hydrogens is 334 g/mol. The van der Waals surface area contributed by atoms with Crippen LogP contribution in [0.2, 0.25) is 0 Å². The quantitative estimate of drug-likeness (QED) is 0.868. The molecule has 0 saturated carbocycles. The highest BCUT2D eigenvalue weighted by molar-refractivity contribution is 7.92. The van der Waals surface area contributed by atoms with E-state index in [1.54, 1.807) is 34.9 Å². The molecule has 0 radical (unpaired) electrons. The fourth-order valence-corrected chi connectivity index (χ4v) is 2.97. The largest absolute Gasteiger partial charge is 0.450 e. The number of carbonyl (C=O) groups is 2. The zero-order chi connectivity index (χ0) is 17.7. The molecule has 1 aliphatic rings. The van der Waals surface area contributed by atoms with Gasteiger partial charge in [-0.1, -0.05) is 6.07 Å². The summed E-state index contributed by atoms with van der Waals surface area (Å²) in [5, 5.41) is 0. The van der Waals surface area contributed by atoms with Crippen LogP contribution >= 0.6 is 0 Å². The zero-order valence-electron chi connectivity index (χ0n) is 13.7. The summed E-state index contributed by atoms with van der Waals surface area (Å²) in [5.41, 5.74) is 0.738. The van der Waals surface area contributed by atoms with Crippen LogP contribution in [0.4, 0.5) is 10.5 Å². The van der Waals surface area contributed by atoms with Gasteiger partial charge in [-0.15, -0.1) is 0 Å². The van der Waals surface area contributed by atoms with E-state index in [1.807, 2.05) is 0 Å². The van der Waals surface area contributed by atoms with Crippen molar-refractivity contribution in [3.05, 3.63) is 29.8 Å². The van der Waals surface area contributed by atoms with Gasteiger partial charge in [-0.2, -0.15) is 0 Å². The zero-order valence-corrected chi connectivity index (χ0v) is 14.5. The van der Waals surface area contributed by atoms with Crippen molar-refractivity contribution in [2.45, 2.75) is 6.92 Å². The monoisotopic (exact) mass is 355 g/mol. The van der Waals surface area contributed by atoms with Crippen molar-refractivity contribution >= 4 is 27.7 Å². The summed E-state index contributed by atoms with van der Waals surface area (Å²) in [6, 6.07) is 6.33. The van der Waals surface area contributed by atoms with E-state index in [1.165, 1.54) is 6.07 Å². The van der Waals surface area contributed by atoms with Crippen molar-refractivity contribution in [2.24, 2.45) is 0 Å². The van der Waals surface area contributed by atoms with E-state index >= 15 is 0 Å². The number of sulfonamides is 1. The number of ether oxygens (including phenoxy) is 1. The third kappa shape index (κ3) is 4.85. The Morgan fingerprint density at radius 1 is 1.17 bits per heavy atom. The molecule has 2 rings (SSSR count). The molecule has 1 aromatic rings. The average molecular weight is 355 g/mol. The Balaban J connectivity index is 2.00. The molecular formula is C15H21N3O5S. The van der Waals surface area contributed by atoms with E-state index in [-0.39, 0.29) is 12.0 Å². The van der Waals surface area contributed by atoms with E-state index < -0.39 is 10.0 Å². The van der Waals surface area contributed by atoms with Crippen LogP contribution in [-0.4, -0.2) is 69.3 Å². The standard InChI is InChI=1S/C15H21N3O5S/c1-3-23-15(20)18-9-7-17(8-10-18)14(19)12-5-4-6-13(11-12)16-24(2,21)22/h4-6,11,16H,3,7-10H2,1-2H3. The van der Waals surface area contributed by atoms with Gasteiger partial charge in [0.05, 0.1) is 12.9 Å². The normalized spacial score (nSPS) is 15.1. The second-order valence-corrected chi connectivity index (χ2v) is 7.18. The summed E-state index contributed by atoms with van der Waals surface area (Å²) in [7, 11) is -3.40. The summed E-state index contributed by atoms with van der Waals surface area (Å²) >= 11 is 0. The minimum absolute atomic E-state index is 0.198. The molecule has 0 atom stereocenters. The molecule has 1 fully saturated rings. The Morgan fingerprint density at radius 3 is 2.38 bits per heavy atom. The molecule has 1 heterocycles. The molecule has 9 heteroatoms. The van der Waals surface area contributed by atoms with Crippen LogP contribution in [0.3, 0.4) is 0 Å². The number of rotatable bonds is 4. The predicted octanol–water partition coefficient (Wildman–Crippen LogP) is 0.972. The van der Waals surface area contributed by atoms with Crippen LogP contribution in [-0.2, 0) is 14.8 Å². The fourth-order valence-electron chi connectivity index (χ4n) is 2.42. The van der Waals surface area contributed by atoms with Crippen LogP contribution in [0.25, 0.3) is 0 Å². The lowest BCUT2D eigenvalue weighted by molar-refractivity contribution is 0.0570. The fraction of sp³-hybridized carbons (Fsp3) is 0.467. The first kappa shape index (κ1) is 18.1. The average Bonchev–Trinajstić information content (AvgIpc) is 2.53. The highest BCUT2D eigenvalue weighted by Crippen LogP contribution is 2.15. The smallest absolute Gasteiger partial charge is 0.409 e. The van der Waals surface area contributed by atoms with Gasteiger partial charge in [-0.05, 0) is 25.1 Å². The predicted molar refractivity (Wildman–Crippen MR) is 89.4 cm³/mol. The first-order chi connectivity index (χ1) is 11.3. The lowest BCUT2D eigenvalue weighted by Gasteiger charge is -2.34. The minimum atomic E-state index is -3.40. The number of benzene rings is 1. The highest BCUT2D eigenvalue weighted by Gasteiger charge is 2.25. The van der Waals surface area contributed by atoms with Gasteiger partial charge in [0, 0.05) is 37.4 Å².